The maximum absolute atomic E-state index is 12.7. The van der Waals surface area contributed by atoms with Gasteiger partial charge in [0.1, 0.15) is 0 Å². The predicted octanol–water partition coefficient (Wildman–Crippen LogP) is 2.56. The third-order valence-electron chi connectivity index (χ3n) is 5.01. The van der Waals surface area contributed by atoms with Gasteiger partial charge in [0.25, 0.3) is 5.91 Å². The van der Waals surface area contributed by atoms with Crippen LogP contribution in [0.1, 0.15) is 61.3 Å². The number of amides is 1. The fourth-order valence-electron chi connectivity index (χ4n) is 3.77. The number of carbonyl (C=O) groups excluding carboxylic acids is 1. The van der Waals surface area contributed by atoms with Crippen molar-refractivity contribution in [3.63, 3.8) is 0 Å². The van der Waals surface area contributed by atoms with Gasteiger partial charge >= 0.3 is 0 Å². The fraction of sp³-hybridized carbons (Fsp3) is 0.750. The van der Waals surface area contributed by atoms with Gasteiger partial charge in [-0.05, 0) is 43.9 Å². The molecule has 1 fully saturated rings. The molecule has 0 radical (unpaired) electrons. The van der Waals surface area contributed by atoms with Crippen LogP contribution in [0.4, 0.5) is 0 Å². The van der Waals surface area contributed by atoms with Crippen LogP contribution >= 0.6 is 0 Å². The normalized spacial score (nSPS) is 21.2. The Hall–Kier alpha value is -1.32. The molecule has 0 atom stereocenters. The summed E-state index contributed by atoms with van der Waals surface area (Å²) in [6.07, 6.45) is 6.67. The average Bonchev–Trinajstić information content (AvgIpc) is 2.72. The van der Waals surface area contributed by atoms with Crippen molar-refractivity contribution in [3.05, 3.63) is 17.0 Å². The highest BCUT2D eigenvalue weighted by molar-refractivity contribution is 5.94. The molecule has 1 saturated carbocycles. The lowest BCUT2D eigenvalue weighted by Crippen LogP contribution is -2.49. The molecule has 0 saturated heterocycles. The summed E-state index contributed by atoms with van der Waals surface area (Å²) >= 11 is 0. The number of aromatic nitrogens is 2. The monoisotopic (exact) mass is 275 g/mol. The molecule has 0 unspecified atom stereocenters. The van der Waals surface area contributed by atoms with Crippen molar-refractivity contribution in [1.82, 2.24) is 14.7 Å². The van der Waals surface area contributed by atoms with Crippen molar-refractivity contribution in [1.29, 1.82) is 0 Å². The predicted molar refractivity (Wildman–Crippen MR) is 78.7 cm³/mol. The number of nitrogens with zero attached hydrogens (tertiary/aromatic N) is 3. The first-order valence-corrected chi connectivity index (χ1v) is 7.71. The van der Waals surface area contributed by atoms with Crippen molar-refractivity contribution in [2.75, 3.05) is 7.05 Å². The van der Waals surface area contributed by atoms with Crippen LogP contribution in [-0.4, -0.2) is 33.7 Å². The Morgan fingerprint density at radius 1 is 1.30 bits per heavy atom. The number of hydrogen-bond donors (Lipinski definition) is 0. The Morgan fingerprint density at radius 2 is 1.95 bits per heavy atom. The third-order valence-corrected chi connectivity index (χ3v) is 5.01. The van der Waals surface area contributed by atoms with Crippen molar-refractivity contribution in [2.45, 2.75) is 58.4 Å². The highest BCUT2D eigenvalue weighted by atomic mass is 16.2. The van der Waals surface area contributed by atoms with Crippen molar-refractivity contribution in [2.24, 2.45) is 12.5 Å². The minimum atomic E-state index is 0.115. The molecule has 0 spiro atoms. The van der Waals surface area contributed by atoms with Crippen molar-refractivity contribution in [3.8, 4) is 0 Å². The SMILES string of the molecule is CN(C(=O)c1nn(C)c2c1CCCC2)C1CC(C)(C)C1. The molecule has 1 heterocycles. The van der Waals surface area contributed by atoms with Crippen LogP contribution in [0.2, 0.25) is 0 Å². The molecule has 1 aromatic rings. The van der Waals surface area contributed by atoms with E-state index in [1.54, 1.807) is 0 Å². The first kappa shape index (κ1) is 13.7. The topological polar surface area (TPSA) is 38.1 Å². The molecule has 20 heavy (non-hydrogen) atoms. The van der Waals surface area contributed by atoms with E-state index < -0.39 is 0 Å². The summed E-state index contributed by atoms with van der Waals surface area (Å²) in [7, 11) is 3.90. The Balaban J connectivity index is 1.81. The smallest absolute Gasteiger partial charge is 0.274 e. The van der Waals surface area contributed by atoms with Crippen LogP contribution in [-0.2, 0) is 19.9 Å². The van der Waals surface area contributed by atoms with Gasteiger partial charge in [-0.1, -0.05) is 13.8 Å². The molecule has 0 aliphatic heterocycles. The molecule has 1 aromatic heterocycles. The minimum absolute atomic E-state index is 0.115. The summed E-state index contributed by atoms with van der Waals surface area (Å²) in [6.45, 7) is 4.54. The van der Waals surface area contributed by atoms with Gasteiger partial charge in [0.05, 0.1) is 0 Å². The zero-order valence-electron chi connectivity index (χ0n) is 13.1. The Morgan fingerprint density at radius 3 is 2.60 bits per heavy atom. The van der Waals surface area contributed by atoms with E-state index in [2.05, 4.69) is 18.9 Å². The zero-order valence-corrected chi connectivity index (χ0v) is 13.1. The Bertz CT molecular complexity index is 536. The number of fused-ring (bicyclic) bond motifs is 1. The molecule has 0 bridgehead atoms. The lowest BCUT2D eigenvalue weighted by molar-refractivity contribution is 0.0317. The first-order chi connectivity index (χ1) is 9.39. The second-order valence-corrected chi connectivity index (χ2v) is 7.25. The molecule has 0 aromatic carbocycles. The van der Waals surface area contributed by atoms with E-state index in [0.717, 1.165) is 25.7 Å². The van der Waals surface area contributed by atoms with E-state index in [1.165, 1.54) is 24.1 Å². The van der Waals surface area contributed by atoms with Crippen molar-refractivity contribution < 1.29 is 4.79 Å². The second-order valence-electron chi connectivity index (χ2n) is 7.25. The highest BCUT2D eigenvalue weighted by Crippen LogP contribution is 2.42. The van der Waals surface area contributed by atoms with E-state index >= 15 is 0 Å². The van der Waals surface area contributed by atoms with E-state index in [4.69, 9.17) is 0 Å². The van der Waals surface area contributed by atoms with Crippen LogP contribution < -0.4 is 0 Å². The zero-order chi connectivity index (χ0) is 14.5. The molecule has 2 aliphatic rings. The maximum Gasteiger partial charge on any atom is 0.274 e. The van der Waals surface area contributed by atoms with Crippen LogP contribution in [0, 0.1) is 5.41 Å². The molecular formula is C16H25N3O. The maximum atomic E-state index is 12.7. The quantitative estimate of drug-likeness (QED) is 0.832. The van der Waals surface area contributed by atoms with E-state index in [0.29, 0.717) is 17.2 Å². The largest absolute Gasteiger partial charge is 0.337 e. The summed E-state index contributed by atoms with van der Waals surface area (Å²) < 4.78 is 1.92. The van der Waals surface area contributed by atoms with Gasteiger partial charge in [-0.3, -0.25) is 9.48 Å². The van der Waals surface area contributed by atoms with Gasteiger partial charge in [0.15, 0.2) is 5.69 Å². The third kappa shape index (κ3) is 2.15. The summed E-state index contributed by atoms with van der Waals surface area (Å²) in [4.78, 5) is 14.6. The Kier molecular flexibility index (Phi) is 3.14. The summed E-state index contributed by atoms with van der Waals surface area (Å²) in [5, 5.41) is 4.52. The van der Waals surface area contributed by atoms with Gasteiger partial charge in [0.2, 0.25) is 0 Å². The van der Waals surface area contributed by atoms with Crippen LogP contribution in [0.25, 0.3) is 0 Å². The average molecular weight is 275 g/mol. The molecule has 110 valence electrons. The second kappa shape index (κ2) is 4.61. The summed E-state index contributed by atoms with van der Waals surface area (Å²) in [5.74, 6) is 0.115. The minimum Gasteiger partial charge on any atom is -0.337 e. The van der Waals surface area contributed by atoms with E-state index in [9.17, 15) is 4.79 Å². The molecule has 3 rings (SSSR count). The Labute approximate surface area is 121 Å². The highest BCUT2D eigenvalue weighted by Gasteiger charge is 2.41. The van der Waals surface area contributed by atoms with Crippen molar-refractivity contribution >= 4 is 5.91 Å². The molecule has 0 N–H and O–H groups in total. The molecule has 4 nitrogen and oxygen atoms in total. The standard InChI is InChI=1S/C16H25N3O/c1-16(2)9-11(10-16)18(3)15(20)14-12-7-5-6-8-13(12)19(4)17-14/h11H,5-10H2,1-4H3. The van der Waals surface area contributed by atoms with E-state index in [-0.39, 0.29) is 5.91 Å². The van der Waals surface area contributed by atoms with Crippen LogP contribution in [0.5, 0.6) is 0 Å². The number of hydrogen-bond acceptors (Lipinski definition) is 2. The number of carbonyl (C=O) groups is 1. The summed E-state index contributed by atoms with van der Waals surface area (Å²) in [6, 6.07) is 0.388. The first-order valence-electron chi connectivity index (χ1n) is 7.71. The van der Waals surface area contributed by atoms with Gasteiger partial charge in [-0.2, -0.15) is 5.10 Å². The van der Waals surface area contributed by atoms with Crippen LogP contribution in [0.15, 0.2) is 0 Å². The number of aryl methyl sites for hydroxylation is 1. The molecule has 1 amide bonds. The lowest BCUT2D eigenvalue weighted by Gasteiger charge is -2.46. The molecule has 4 heteroatoms. The molecular weight excluding hydrogens is 250 g/mol. The van der Waals surface area contributed by atoms with Gasteiger partial charge in [0, 0.05) is 31.4 Å². The van der Waals surface area contributed by atoms with Crippen LogP contribution in [0.3, 0.4) is 0 Å². The van der Waals surface area contributed by atoms with E-state index in [1.807, 2.05) is 23.7 Å². The number of rotatable bonds is 2. The molecule has 2 aliphatic carbocycles. The fourth-order valence-corrected chi connectivity index (χ4v) is 3.77. The van der Waals surface area contributed by atoms with Gasteiger partial charge in [-0.15, -0.1) is 0 Å². The van der Waals surface area contributed by atoms with Gasteiger partial charge < -0.3 is 4.90 Å². The lowest BCUT2D eigenvalue weighted by atomic mass is 9.68. The van der Waals surface area contributed by atoms with Gasteiger partial charge in [-0.25, -0.2) is 0 Å². The summed E-state index contributed by atoms with van der Waals surface area (Å²) in [5.41, 5.74) is 3.56.